The van der Waals surface area contributed by atoms with E-state index in [9.17, 15) is 0 Å². The Morgan fingerprint density at radius 2 is 2.03 bits per heavy atom. The molecule has 0 saturated carbocycles. The number of nitrogens with zero attached hydrogens (tertiary/aromatic N) is 4. The molecule has 1 aromatic carbocycles. The fraction of sp³-hybridized carbons (Fsp3) is 0.609. The summed E-state index contributed by atoms with van der Waals surface area (Å²) in [5.41, 5.74) is 2.57. The first kappa shape index (κ1) is 22.3. The summed E-state index contributed by atoms with van der Waals surface area (Å²) in [6.07, 6.45) is 2.21. The van der Waals surface area contributed by atoms with Gasteiger partial charge < -0.3 is 15.2 Å². The number of hydrogen-bond donors (Lipinski definition) is 2. The largest absolute Gasteiger partial charge is 0.357 e. The van der Waals surface area contributed by atoms with Crippen molar-refractivity contribution in [3.8, 4) is 0 Å². The molecule has 1 fully saturated rings. The van der Waals surface area contributed by atoms with Crippen molar-refractivity contribution in [2.24, 2.45) is 4.99 Å². The fourth-order valence-corrected chi connectivity index (χ4v) is 3.59. The summed E-state index contributed by atoms with van der Waals surface area (Å²) >= 11 is 0. The first-order valence-electron chi connectivity index (χ1n) is 11.0. The Kier molecular flexibility index (Phi) is 7.48. The third-order valence-corrected chi connectivity index (χ3v) is 5.25. The minimum absolute atomic E-state index is 0.149. The van der Waals surface area contributed by atoms with Crippen molar-refractivity contribution >= 4 is 5.96 Å². The average Bonchev–Trinajstić information content (AvgIpc) is 3.17. The Morgan fingerprint density at radius 1 is 1.27 bits per heavy atom. The van der Waals surface area contributed by atoms with Gasteiger partial charge in [0.15, 0.2) is 11.8 Å². The highest BCUT2D eigenvalue weighted by Gasteiger charge is 2.22. The van der Waals surface area contributed by atoms with E-state index in [1.807, 2.05) is 0 Å². The van der Waals surface area contributed by atoms with Crippen LogP contribution in [0.3, 0.4) is 0 Å². The molecule has 0 amide bonds. The Morgan fingerprint density at radius 3 is 2.67 bits per heavy atom. The van der Waals surface area contributed by atoms with Crippen molar-refractivity contribution in [2.75, 3.05) is 19.6 Å². The van der Waals surface area contributed by atoms with Gasteiger partial charge in [-0.15, -0.1) is 0 Å². The van der Waals surface area contributed by atoms with Gasteiger partial charge in [0.05, 0.1) is 0 Å². The fourth-order valence-electron chi connectivity index (χ4n) is 3.59. The standard InChI is InChI=1S/C23H36N6O/c1-6-24-22(25-15-20-27-21(30-28-20)23(3,4)5)26-19-10-12-29(13-11-19)16-18-9-7-8-17(2)14-18/h7-9,14,19H,6,10-13,15-16H2,1-5H3,(H2,24,25,26). The first-order chi connectivity index (χ1) is 14.3. The maximum absolute atomic E-state index is 5.36. The lowest BCUT2D eigenvalue weighted by Crippen LogP contribution is -2.48. The van der Waals surface area contributed by atoms with E-state index < -0.39 is 0 Å². The first-order valence-corrected chi connectivity index (χ1v) is 11.0. The van der Waals surface area contributed by atoms with Gasteiger partial charge in [0, 0.05) is 37.6 Å². The molecular weight excluding hydrogens is 376 g/mol. The van der Waals surface area contributed by atoms with E-state index >= 15 is 0 Å². The molecular formula is C23H36N6O. The van der Waals surface area contributed by atoms with Gasteiger partial charge in [-0.1, -0.05) is 55.8 Å². The van der Waals surface area contributed by atoms with Crippen molar-refractivity contribution in [2.45, 2.75) is 72.0 Å². The van der Waals surface area contributed by atoms with E-state index in [1.54, 1.807) is 0 Å². The summed E-state index contributed by atoms with van der Waals surface area (Å²) in [5, 5.41) is 11.0. The molecule has 0 spiro atoms. The summed E-state index contributed by atoms with van der Waals surface area (Å²) in [6.45, 7) is 14.8. The number of piperidine rings is 1. The lowest BCUT2D eigenvalue weighted by molar-refractivity contribution is 0.198. The molecule has 7 nitrogen and oxygen atoms in total. The number of nitrogens with one attached hydrogen (secondary N) is 2. The second kappa shape index (κ2) is 10.1. The van der Waals surface area contributed by atoms with Gasteiger partial charge in [-0.05, 0) is 32.3 Å². The van der Waals surface area contributed by atoms with Gasteiger partial charge in [-0.2, -0.15) is 4.98 Å². The molecule has 2 N–H and O–H groups in total. The molecule has 0 atom stereocenters. The second-order valence-corrected chi connectivity index (χ2v) is 9.14. The van der Waals surface area contributed by atoms with Gasteiger partial charge in [0.2, 0.25) is 5.89 Å². The quantitative estimate of drug-likeness (QED) is 0.559. The van der Waals surface area contributed by atoms with Crippen LogP contribution in [0.4, 0.5) is 0 Å². The maximum Gasteiger partial charge on any atom is 0.232 e. The summed E-state index contributed by atoms with van der Waals surface area (Å²) in [6, 6.07) is 9.22. The molecule has 3 rings (SSSR count). The summed E-state index contributed by atoms with van der Waals surface area (Å²) in [5.74, 6) is 2.08. The van der Waals surface area contributed by atoms with Crippen LogP contribution in [-0.2, 0) is 18.5 Å². The maximum atomic E-state index is 5.36. The van der Waals surface area contributed by atoms with Crippen molar-refractivity contribution in [3.05, 3.63) is 47.1 Å². The summed E-state index contributed by atoms with van der Waals surface area (Å²) in [7, 11) is 0. The molecule has 1 saturated heterocycles. The van der Waals surface area contributed by atoms with Crippen LogP contribution in [0.2, 0.25) is 0 Å². The van der Waals surface area contributed by atoms with E-state index in [0.29, 0.717) is 24.3 Å². The van der Waals surface area contributed by atoms with Crippen LogP contribution in [0.15, 0.2) is 33.8 Å². The molecule has 2 aromatic rings. The topological polar surface area (TPSA) is 78.6 Å². The van der Waals surface area contributed by atoms with Gasteiger partial charge in [0.25, 0.3) is 0 Å². The highest BCUT2D eigenvalue weighted by molar-refractivity contribution is 5.80. The number of rotatable bonds is 6. The average molecular weight is 413 g/mol. The molecule has 164 valence electrons. The highest BCUT2D eigenvalue weighted by atomic mass is 16.5. The minimum Gasteiger partial charge on any atom is -0.357 e. The van der Waals surface area contributed by atoms with Crippen LogP contribution in [-0.4, -0.2) is 46.7 Å². The Bertz CT molecular complexity index is 830. The minimum atomic E-state index is -0.149. The van der Waals surface area contributed by atoms with E-state index in [4.69, 9.17) is 4.52 Å². The molecule has 0 aliphatic carbocycles. The molecule has 0 radical (unpaired) electrons. The SMILES string of the molecule is CCNC(=NCc1noc(C(C)(C)C)n1)NC1CCN(Cc2cccc(C)c2)CC1. The normalized spacial score (nSPS) is 16.6. The van der Waals surface area contributed by atoms with Crippen LogP contribution in [0.25, 0.3) is 0 Å². The number of aromatic nitrogens is 2. The van der Waals surface area contributed by atoms with Crippen LogP contribution < -0.4 is 10.6 Å². The number of guanidine groups is 1. The summed E-state index contributed by atoms with van der Waals surface area (Å²) in [4.78, 5) is 11.7. The monoisotopic (exact) mass is 412 g/mol. The zero-order valence-corrected chi connectivity index (χ0v) is 19.0. The van der Waals surface area contributed by atoms with Gasteiger partial charge in [-0.25, -0.2) is 4.99 Å². The second-order valence-electron chi connectivity index (χ2n) is 9.14. The van der Waals surface area contributed by atoms with Crippen molar-refractivity contribution in [1.29, 1.82) is 0 Å². The molecule has 0 bridgehead atoms. The number of benzene rings is 1. The third kappa shape index (κ3) is 6.55. The van der Waals surface area contributed by atoms with Gasteiger partial charge in [-0.3, -0.25) is 4.90 Å². The van der Waals surface area contributed by atoms with Crippen LogP contribution in [0.5, 0.6) is 0 Å². The zero-order chi connectivity index (χ0) is 21.6. The van der Waals surface area contributed by atoms with Crippen LogP contribution >= 0.6 is 0 Å². The van der Waals surface area contributed by atoms with Crippen LogP contribution in [0, 0.1) is 6.92 Å². The number of hydrogen-bond acceptors (Lipinski definition) is 5. The summed E-state index contributed by atoms with van der Waals surface area (Å²) < 4.78 is 5.36. The van der Waals surface area contributed by atoms with Gasteiger partial charge in [0.1, 0.15) is 6.54 Å². The lowest BCUT2D eigenvalue weighted by atomic mass is 9.97. The van der Waals surface area contributed by atoms with E-state index in [-0.39, 0.29) is 5.41 Å². The predicted octanol–water partition coefficient (Wildman–Crippen LogP) is 3.40. The number of aliphatic imine (C=N–C) groups is 1. The van der Waals surface area contributed by atoms with E-state index in [1.165, 1.54) is 11.1 Å². The molecule has 0 unspecified atom stereocenters. The molecule has 1 aliphatic heterocycles. The molecule has 30 heavy (non-hydrogen) atoms. The third-order valence-electron chi connectivity index (χ3n) is 5.25. The molecule has 1 aromatic heterocycles. The van der Waals surface area contributed by atoms with Crippen molar-refractivity contribution in [3.63, 3.8) is 0 Å². The van der Waals surface area contributed by atoms with Crippen molar-refractivity contribution < 1.29 is 4.52 Å². The zero-order valence-electron chi connectivity index (χ0n) is 19.0. The molecule has 2 heterocycles. The number of aryl methyl sites for hydroxylation is 1. The predicted molar refractivity (Wildman–Crippen MR) is 120 cm³/mol. The Hall–Kier alpha value is -2.41. The Labute approximate surface area is 180 Å². The molecule has 1 aliphatic rings. The highest BCUT2D eigenvalue weighted by Crippen LogP contribution is 2.20. The van der Waals surface area contributed by atoms with Crippen molar-refractivity contribution in [1.82, 2.24) is 25.7 Å². The molecule has 7 heteroatoms. The van der Waals surface area contributed by atoms with Gasteiger partial charge >= 0.3 is 0 Å². The van der Waals surface area contributed by atoms with E-state index in [2.05, 4.69) is 89.6 Å². The lowest BCUT2D eigenvalue weighted by Gasteiger charge is -2.33. The Balaban J connectivity index is 1.50. The van der Waals surface area contributed by atoms with Crippen LogP contribution in [0.1, 0.15) is 63.4 Å². The van der Waals surface area contributed by atoms with E-state index in [0.717, 1.165) is 45.0 Å². The number of likely N-dealkylation sites (tertiary alicyclic amines) is 1. The smallest absolute Gasteiger partial charge is 0.232 e.